The number of hydrogen-bond acceptors (Lipinski definition) is 5. The predicted octanol–water partition coefficient (Wildman–Crippen LogP) is 0.222. The molecule has 0 bridgehead atoms. The third kappa shape index (κ3) is 1.78. The highest BCUT2D eigenvalue weighted by molar-refractivity contribution is 5.72. The van der Waals surface area contributed by atoms with Crippen LogP contribution in [-0.2, 0) is 4.79 Å². The summed E-state index contributed by atoms with van der Waals surface area (Å²) in [5.41, 5.74) is 0. The van der Waals surface area contributed by atoms with Crippen molar-refractivity contribution in [2.45, 2.75) is 18.9 Å². The minimum absolute atomic E-state index is 0.0174. The summed E-state index contributed by atoms with van der Waals surface area (Å²) < 4.78 is 1.05. The number of aromatic nitrogens is 3. The fraction of sp³-hybridized carbons (Fsp3) is 0.571. The van der Waals surface area contributed by atoms with Crippen LogP contribution in [0.15, 0.2) is 6.33 Å². The lowest BCUT2D eigenvalue weighted by molar-refractivity contribution is -0.394. The van der Waals surface area contributed by atoms with Gasteiger partial charge in [0.25, 0.3) is 0 Å². The van der Waals surface area contributed by atoms with Crippen LogP contribution in [0.2, 0.25) is 0 Å². The van der Waals surface area contributed by atoms with Gasteiger partial charge in [0.15, 0.2) is 6.04 Å². The SMILES string of the molecule is O=C(O)C(C1CC1)n1cnc([N+](=O)[O-])n1. The van der Waals surface area contributed by atoms with Crippen molar-refractivity contribution in [3.63, 3.8) is 0 Å². The van der Waals surface area contributed by atoms with E-state index in [4.69, 9.17) is 5.11 Å². The summed E-state index contributed by atoms with van der Waals surface area (Å²) >= 11 is 0. The Bertz CT molecular complexity index is 411. The predicted molar refractivity (Wildman–Crippen MR) is 46.1 cm³/mol. The molecule has 1 N–H and O–H groups in total. The third-order valence-corrected chi connectivity index (χ3v) is 2.27. The molecule has 1 unspecified atom stereocenters. The molecule has 0 aromatic carbocycles. The van der Waals surface area contributed by atoms with Crippen molar-refractivity contribution in [3.8, 4) is 0 Å². The molecule has 15 heavy (non-hydrogen) atoms. The lowest BCUT2D eigenvalue weighted by Gasteiger charge is -2.06. The molecule has 1 atom stereocenters. The zero-order valence-corrected chi connectivity index (χ0v) is 7.61. The quantitative estimate of drug-likeness (QED) is 0.564. The van der Waals surface area contributed by atoms with Crippen molar-refractivity contribution in [1.29, 1.82) is 0 Å². The van der Waals surface area contributed by atoms with E-state index in [1.54, 1.807) is 0 Å². The number of rotatable bonds is 4. The molecule has 1 aromatic heterocycles. The minimum Gasteiger partial charge on any atom is -0.480 e. The average molecular weight is 212 g/mol. The van der Waals surface area contributed by atoms with Crippen molar-refractivity contribution >= 4 is 11.9 Å². The lowest BCUT2D eigenvalue weighted by Crippen LogP contribution is -2.21. The van der Waals surface area contributed by atoms with Gasteiger partial charge in [-0.15, -0.1) is 0 Å². The Morgan fingerprint density at radius 3 is 2.80 bits per heavy atom. The Hall–Kier alpha value is -1.99. The molecular weight excluding hydrogens is 204 g/mol. The first kappa shape index (κ1) is 9.56. The number of nitro groups is 1. The number of hydrogen-bond donors (Lipinski definition) is 1. The van der Waals surface area contributed by atoms with Gasteiger partial charge < -0.3 is 15.2 Å². The number of aliphatic carboxylic acids is 1. The van der Waals surface area contributed by atoms with Crippen LogP contribution in [0.5, 0.6) is 0 Å². The molecule has 1 heterocycles. The molecule has 0 radical (unpaired) electrons. The maximum absolute atomic E-state index is 10.9. The van der Waals surface area contributed by atoms with Gasteiger partial charge in [0.2, 0.25) is 6.33 Å². The summed E-state index contributed by atoms with van der Waals surface area (Å²) in [4.78, 5) is 23.9. The Labute approximate surface area is 83.7 Å². The Morgan fingerprint density at radius 2 is 2.40 bits per heavy atom. The van der Waals surface area contributed by atoms with Gasteiger partial charge in [0, 0.05) is 5.10 Å². The largest absolute Gasteiger partial charge is 0.490 e. The van der Waals surface area contributed by atoms with Crippen LogP contribution >= 0.6 is 0 Å². The maximum atomic E-state index is 10.9. The molecule has 80 valence electrons. The molecule has 1 saturated carbocycles. The standard InChI is InChI=1S/C7H8N4O4/c12-6(13)5(4-1-2-4)10-3-8-7(9-10)11(14)15/h3-5H,1-2H2,(H,12,13). The van der Waals surface area contributed by atoms with Gasteiger partial charge in [0.05, 0.1) is 0 Å². The Kier molecular flexibility index (Phi) is 2.10. The molecule has 8 nitrogen and oxygen atoms in total. The first-order chi connectivity index (χ1) is 7.09. The third-order valence-electron chi connectivity index (χ3n) is 2.27. The van der Waals surface area contributed by atoms with Crippen LogP contribution in [0.1, 0.15) is 18.9 Å². The molecule has 2 rings (SSSR count). The summed E-state index contributed by atoms with van der Waals surface area (Å²) in [6, 6.07) is -0.828. The molecule has 0 amide bonds. The normalized spacial score (nSPS) is 17.3. The van der Waals surface area contributed by atoms with Crippen molar-refractivity contribution in [2.24, 2.45) is 5.92 Å². The first-order valence-corrected chi connectivity index (χ1v) is 4.38. The molecule has 1 fully saturated rings. The van der Waals surface area contributed by atoms with E-state index in [0.717, 1.165) is 23.9 Å². The first-order valence-electron chi connectivity index (χ1n) is 4.38. The van der Waals surface area contributed by atoms with Crippen LogP contribution in [0, 0.1) is 16.0 Å². The van der Waals surface area contributed by atoms with E-state index in [9.17, 15) is 14.9 Å². The summed E-state index contributed by atoms with van der Waals surface area (Å²) in [5.74, 6) is -1.58. The topological polar surface area (TPSA) is 111 Å². The smallest absolute Gasteiger partial charge is 0.480 e. The number of nitrogens with zero attached hydrogens (tertiary/aromatic N) is 4. The van der Waals surface area contributed by atoms with Gasteiger partial charge in [-0.25, -0.2) is 4.79 Å². The summed E-state index contributed by atoms with van der Waals surface area (Å²) in [6.07, 6.45) is 2.71. The minimum atomic E-state index is -1.03. The molecule has 0 saturated heterocycles. The van der Waals surface area contributed by atoms with E-state index in [0.29, 0.717) is 0 Å². The maximum Gasteiger partial charge on any atom is 0.490 e. The Morgan fingerprint density at radius 1 is 1.73 bits per heavy atom. The van der Waals surface area contributed by atoms with E-state index in [-0.39, 0.29) is 5.92 Å². The molecule has 1 aliphatic carbocycles. The van der Waals surface area contributed by atoms with Crippen LogP contribution in [-0.4, -0.2) is 30.8 Å². The Balaban J connectivity index is 2.25. The fourth-order valence-electron chi connectivity index (χ4n) is 1.43. The van der Waals surface area contributed by atoms with Gasteiger partial charge in [-0.1, -0.05) is 4.98 Å². The van der Waals surface area contributed by atoms with E-state index >= 15 is 0 Å². The highest BCUT2D eigenvalue weighted by Crippen LogP contribution is 2.39. The highest BCUT2D eigenvalue weighted by atomic mass is 16.6. The van der Waals surface area contributed by atoms with Crippen molar-refractivity contribution < 1.29 is 14.8 Å². The van der Waals surface area contributed by atoms with Gasteiger partial charge in [-0.2, -0.15) is 4.68 Å². The van der Waals surface area contributed by atoms with Crippen LogP contribution in [0.3, 0.4) is 0 Å². The van der Waals surface area contributed by atoms with E-state index in [1.807, 2.05) is 0 Å². The summed E-state index contributed by atoms with van der Waals surface area (Å²) in [7, 11) is 0. The van der Waals surface area contributed by atoms with Crippen molar-refractivity contribution in [1.82, 2.24) is 14.8 Å². The van der Waals surface area contributed by atoms with E-state index in [1.165, 1.54) is 0 Å². The fourth-order valence-corrected chi connectivity index (χ4v) is 1.43. The number of carboxylic acids is 1. The molecule has 0 spiro atoms. The molecular formula is C7H8N4O4. The number of carboxylic acid groups (broad SMARTS) is 1. The van der Waals surface area contributed by atoms with Gasteiger partial charge in [-0.3, -0.25) is 0 Å². The zero-order valence-electron chi connectivity index (χ0n) is 7.61. The second kappa shape index (κ2) is 3.30. The number of carbonyl (C=O) groups is 1. The van der Waals surface area contributed by atoms with Gasteiger partial charge in [0.1, 0.15) is 0 Å². The van der Waals surface area contributed by atoms with E-state index in [2.05, 4.69) is 10.1 Å². The van der Waals surface area contributed by atoms with Crippen molar-refractivity contribution in [2.75, 3.05) is 0 Å². The van der Waals surface area contributed by atoms with Crippen LogP contribution in [0.25, 0.3) is 0 Å². The van der Waals surface area contributed by atoms with Gasteiger partial charge in [-0.05, 0) is 23.7 Å². The molecule has 1 aromatic rings. The zero-order chi connectivity index (χ0) is 11.0. The van der Waals surface area contributed by atoms with Crippen molar-refractivity contribution in [3.05, 3.63) is 16.4 Å². The van der Waals surface area contributed by atoms with Crippen LogP contribution in [0.4, 0.5) is 5.95 Å². The highest BCUT2D eigenvalue weighted by Gasteiger charge is 2.40. The average Bonchev–Trinajstić information content (AvgIpc) is 2.81. The second-order valence-corrected chi connectivity index (χ2v) is 3.40. The van der Waals surface area contributed by atoms with Crippen LogP contribution < -0.4 is 0 Å². The van der Waals surface area contributed by atoms with E-state index < -0.39 is 22.9 Å². The summed E-state index contributed by atoms with van der Waals surface area (Å²) in [5, 5.41) is 22.8. The second-order valence-electron chi connectivity index (χ2n) is 3.40. The monoisotopic (exact) mass is 212 g/mol. The molecule has 1 aliphatic rings. The summed E-state index contributed by atoms with van der Waals surface area (Å²) in [6.45, 7) is 0. The lowest BCUT2D eigenvalue weighted by atomic mass is 10.2. The molecule has 0 aliphatic heterocycles. The van der Waals surface area contributed by atoms with Gasteiger partial charge >= 0.3 is 11.9 Å². The molecule has 8 heteroatoms.